The van der Waals surface area contributed by atoms with Gasteiger partial charge in [0.05, 0.1) is 29.8 Å². The van der Waals surface area contributed by atoms with Crippen LogP contribution in [0.5, 0.6) is 0 Å². The molecule has 0 aliphatic carbocycles. The number of hydrogen-bond donors (Lipinski definition) is 0. The predicted molar refractivity (Wildman–Crippen MR) is 107 cm³/mol. The first-order valence-corrected chi connectivity index (χ1v) is 9.19. The van der Waals surface area contributed by atoms with Crippen LogP contribution < -0.4 is 0 Å². The average Bonchev–Trinajstić information content (AvgIpc) is 3.41. The SMILES string of the molecule is N#CC(=O)Cn1cc(-c2cnc3ncc(Cc4cccc5cccnc45)n3n2)cn1. The monoisotopic (exact) mass is 394 g/mol. The summed E-state index contributed by atoms with van der Waals surface area (Å²) in [5.74, 6) is -0.0687. The molecular formula is C21H14N8O. The lowest BCUT2D eigenvalue weighted by Crippen LogP contribution is -2.07. The number of rotatable bonds is 5. The van der Waals surface area contributed by atoms with Gasteiger partial charge in [0.2, 0.25) is 0 Å². The van der Waals surface area contributed by atoms with Crippen molar-refractivity contribution in [1.82, 2.24) is 34.3 Å². The molecular weight excluding hydrogens is 380 g/mol. The zero-order valence-corrected chi connectivity index (χ0v) is 15.7. The Morgan fingerprint density at radius 3 is 2.83 bits per heavy atom. The van der Waals surface area contributed by atoms with Crippen molar-refractivity contribution < 1.29 is 4.79 Å². The van der Waals surface area contributed by atoms with Crippen molar-refractivity contribution in [3.63, 3.8) is 0 Å². The number of carbonyl (C=O) groups is 1. The first-order chi connectivity index (χ1) is 14.7. The maximum Gasteiger partial charge on any atom is 0.253 e. The first kappa shape index (κ1) is 17.6. The number of hydrogen-bond acceptors (Lipinski definition) is 7. The van der Waals surface area contributed by atoms with Crippen LogP contribution in [0.15, 0.2) is 61.3 Å². The van der Waals surface area contributed by atoms with E-state index in [1.54, 1.807) is 41.6 Å². The fraction of sp³-hybridized carbons (Fsp3) is 0.0952. The molecule has 0 bridgehead atoms. The molecule has 1 aromatic carbocycles. The van der Waals surface area contributed by atoms with Crippen molar-refractivity contribution in [1.29, 1.82) is 5.26 Å². The van der Waals surface area contributed by atoms with E-state index < -0.39 is 5.78 Å². The van der Waals surface area contributed by atoms with Crippen LogP contribution in [0, 0.1) is 11.3 Å². The summed E-state index contributed by atoms with van der Waals surface area (Å²) in [4.78, 5) is 24.6. The Bertz CT molecular complexity index is 1440. The Kier molecular flexibility index (Phi) is 4.22. The number of imidazole rings is 1. The molecule has 4 aromatic heterocycles. The molecule has 4 heterocycles. The molecule has 144 valence electrons. The normalized spacial score (nSPS) is 11.0. The van der Waals surface area contributed by atoms with Gasteiger partial charge < -0.3 is 0 Å². The molecule has 9 heteroatoms. The van der Waals surface area contributed by atoms with Gasteiger partial charge in [-0.3, -0.25) is 14.5 Å². The van der Waals surface area contributed by atoms with Crippen molar-refractivity contribution in [3.05, 3.63) is 72.6 Å². The van der Waals surface area contributed by atoms with Gasteiger partial charge in [-0.25, -0.2) is 14.5 Å². The summed E-state index contributed by atoms with van der Waals surface area (Å²) in [6, 6.07) is 11.6. The lowest BCUT2D eigenvalue weighted by Gasteiger charge is -2.06. The fourth-order valence-electron chi connectivity index (χ4n) is 3.34. The number of ketones is 1. The molecule has 0 fully saturated rings. The van der Waals surface area contributed by atoms with Gasteiger partial charge in [-0.2, -0.15) is 15.5 Å². The minimum atomic E-state index is -0.563. The highest BCUT2D eigenvalue weighted by atomic mass is 16.1. The summed E-state index contributed by atoms with van der Waals surface area (Å²) < 4.78 is 3.11. The Labute approximate surface area is 170 Å². The molecule has 0 radical (unpaired) electrons. The number of benzene rings is 1. The smallest absolute Gasteiger partial charge is 0.253 e. The third kappa shape index (κ3) is 3.16. The molecule has 0 saturated carbocycles. The molecule has 0 aliphatic heterocycles. The molecule has 30 heavy (non-hydrogen) atoms. The van der Waals surface area contributed by atoms with Gasteiger partial charge in [-0.15, -0.1) is 0 Å². The highest BCUT2D eigenvalue weighted by Crippen LogP contribution is 2.20. The number of aromatic nitrogens is 7. The molecule has 0 N–H and O–H groups in total. The van der Waals surface area contributed by atoms with E-state index >= 15 is 0 Å². The first-order valence-electron chi connectivity index (χ1n) is 9.19. The average molecular weight is 394 g/mol. The molecule has 0 saturated heterocycles. The molecule has 0 amide bonds. The molecule has 5 aromatic rings. The van der Waals surface area contributed by atoms with Gasteiger partial charge in [0.15, 0.2) is 0 Å². The van der Waals surface area contributed by atoms with E-state index in [0.717, 1.165) is 22.2 Å². The van der Waals surface area contributed by atoms with Crippen molar-refractivity contribution in [3.8, 4) is 17.3 Å². The van der Waals surface area contributed by atoms with E-state index in [0.29, 0.717) is 23.5 Å². The van der Waals surface area contributed by atoms with Crippen molar-refractivity contribution in [2.24, 2.45) is 0 Å². The van der Waals surface area contributed by atoms with E-state index in [1.165, 1.54) is 4.68 Å². The van der Waals surface area contributed by atoms with Gasteiger partial charge in [-0.05, 0) is 11.6 Å². The number of fused-ring (bicyclic) bond motifs is 2. The predicted octanol–water partition coefficient (Wildman–Crippen LogP) is 2.22. The van der Waals surface area contributed by atoms with Gasteiger partial charge in [-0.1, -0.05) is 24.3 Å². The number of carbonyl (C=O) groups excluding carboxylic acids is 1. The van der Waals surface area contributed by atoms with Crippen LogP contribution in [0.4, 0.5) is 0 Å². The summed E-state index contributed by atoms with van der Waals surface area (Å²) in [7, 11) is 0. The quantitative estimate of drug-likeness (QED) is 0.420. The van der Waals surface area contributed by atoms with Crippen LogP contribution in [-0.4, -0.2) is 40.1 Å². The number of Topliss-reactive ketones (excluding diaryl/α,β-unsaturated/α-hetero) is 1. The van der Waals surface area contributed by atoms with Crippen LogP contribution in [0.3, 0.4) is 0 Å². The van der Waals surface area contributed by atoms with Gasteiger partial charge in [0.1, 0.15) is 18.3 Å². The second kappa shape index (κ2) is 7.18. The third-order valence-electron chi connectivity index (χ3n) is 4.75. The summed E-state index contributed by atoms with van der Waals surface area (Å²) in [5.41, 5.74) is 4.19. The molecule has 0 unspecified atom stereocenters. The summed E-state index contributed by atoms with van der Waals surface area (Å²) in [6.07, 6.45) is 9.01. The molecule has 0 atom stereocenters. The number of pyridine rings is 1. The van der Waals surface area contributed by atoms with Crippen LogP contribution in [0.1, 0.15) is 11.3 Å². The van der Waals surface area contributed by atoms with Crippen molar-refractivity contribution in [2.75, 3.05) is 0 Å². The Hall–Kier alpha value is -4.45. The van der Waals surface area contributed by atoms with E-state index in [2.05, 4.69) is 25.1 Å². The minimum Gasteiger partial charge on any atom is -0.280 e. The maximum absolute atomic E-state index is 11.3. The summed E-state index contributed by atoms with van der Waals surface area (Å²) in [6.45, 7) is -0.101. The summed E-state index contributed by atoms with van der Waals surface area (Å²) in [5, 5.41) is 18.5. The highest BCUT2D eigenvalue weighted by Gasteiger charge is 2.12. The van der Waals surface area contributed by atoms with E-state index in [4.69, 9.17) is 5.26 Å². The molecule has 0 spiro atoms. The topological polar surface area (TPSA) is 115 Å². The third-order valence-corrected chi connectivity index (χ3v) is 4.75. The second-order valence-corrected chi connectivity index (χ2v) is 6.74. The number of nitrogens with zero attached hydrogens (tertiary/aromatic N) is 8. The maximum atomic E-state index is 11.3. The lowest BCUT2D eigenvalue weighted by molar-refractivity contribution is -0.114. The molecule has 5 rings (SSSR count). The van der Waals surface area contributed by atoms with Gasteiger partial charge in [0.25, 0.3) is 11.6 Å². The largest absolute Gasteiger partial charge is 0.280 e. The zero-order valence-electron chi connectivity index (χ0n) is 15.7. The fourth-order valence-corrected chi connectivity index (χ4v) is 3.34. The van der Waals surface area contributed by atoms with Crippen LogP contribution in [0.2, 0.25) is 0 Å². The van der Waals surface area contributed by atoms with E-state index in [9.17, 15) is 4.79 Å². The Balaban J connectivity index is 1.51. The van der Waals surface area contributed by atoms with Crippen LogP contribution in [-0.2, 0) is 17.8 Å². The highest BCUT2D eigenvalue weighted by molar-refractivity contribution is 5.93. The van der Waals surface area contributed by atoms with Gasteiger partial charge >= 0.3 is 0 Å². The molecule has 9 nitrogen and oxygen atoms in total. The Morgan fingerprint density at radius 1 is 1.07 bits per heavy atom. The lowest BCUT2D eigenvalue weighted by atomic mass is 10.1. The number of para-hydroxylation sites is 1. The Morgan fingerprint density at radius 2 is 1.93 bits per heavy atom. The standard InChI is InChI=1S/C21H14N8O/c22-8-18(30)13-28-12-16(9-26-28)19-11-25-21-24-10-17(29(21)27-19)7-15-4-1-3-14-5-2-6-23-20(14)15/h1-6,9-12H,7,13H2. The zero-order chi connectivity index (χ0) is 20.5. The molecule has 0 aliphatic rings. The minimum absolute atomic E-state index is 0.101. The van der Waals surface area contributed by atoms with Gasteiger partial charge in [0, 0.05) is 29.8 Å². The van der Waals surface area contributed by atoms with E-state index in [-0.39, 0.29) is 6.54 Å². The van der Waals surface area contributed by atoms with Crippen molar-refractivity contribution >= 4 is 22.5 Å². The second-order valence-electron chi connectivity index (χ2n) is 6.74. The van der Waals surface area contributed by atoms with E-state index in [1.807, 2.05) is 30.3 Å². The summed E-state index contributed by atoms with van der Waals surface area (Å²) >= 11 is 0. The van der Waals surface area contributed by atoms with Crippen molar-refractivity contribution in [2.45, 2.75) is 13.0 Å². The van der Waals surface area contributed by atoms with Crippen LogP contribution >= 0.6 is 0 Å². The number of nitriles is 1. The van der Waals surface area contributed by atoms with Crippen LogP contribution in [0.25, 0.3) is 27.9 Å².